The molecule has 3 aromatic rings. The van der Waals surface area contributed by atoms with Gasteiger partial charge in [-0.3, -0.25) is 0 Å². The molecule has 0 aromatic heterocycles. The average molecular weight is 288 g/mol. The van der Waals surface area contributed by atoms with Crippen LogP contribution >= 0.6 is 0 Å². The summed E-state index contributed by atoms with van der Waals surface area (Å²) in [6.45, 7) is 0. The summed E-state index contributed by atoms with van der Waals surface area (Å²) >= 11 is 0. The lowest BCUT2D eigenvalue weighted by atomic mass is 9.95. The smallest absolute Gasteiger partial charge is 0.115 e. The van der Waals surface area contributed by atoms with Crippen molar-refractivity contribution >= 4 is 11.6 Å². The summed E-state index contributed by atoms with van der Waals surface area (Å²) in [5.41, 5.74) is 4.19. The fraction of sp³-hybridized carbons (Fsp3) is 0. The minimum absolute atomic E-state index is 0.251. The molecule has 0 saturated carbocycles. The maximum Gasteiger partial charge on any atom is 0.115 e. The Morgan fingerprint density at radius 1 is 0.591 bits per heavy atom. The maximum absolute atomic E-state index is 9.48. The molecule has 2 nitrogen and oxygen atoms in total. The second-order valence-electron chi connectivity index (χ2n) is 5.06. The van der Waals surface area contributed by atoms with E-state index < -0.39 is 0 Å². The summed E-state index contributed by atoms with van der Waals surface area (Å²) in [4.78, 5) is 0. The molecule has 108 valence electrons. The third kappa shape index (κ3) is 3.18. The number of hydrogen-bond acceptors (Lipinski definition) is 2. The summed E-state index contributed by atoms with van der Waals surface area (Å²) in [7, 11) is 0. The Labute approximate surface area is 129 Å². The molecule has 0 bridgehead atoms. The van der Waals surface area contributed by atoms with Crippen molar-refractivity contribution < 1.29 is 10.2 Å². The molecule has 3 rings (SSSR count). The number of phenols is 2. The molecule has 0 aliphatic rings. The zero-order chi connectivity index (χ0) is 15.4. The number of hydrogen-bond donors (Lipinski definition) is 2. The monoisotopic (exact) mass is 288 g/mol. The highest BCUT2D eigenvalue weighted by atomic mass is 16.3. The Kier molecular flexibility index (Phi) is 3.92. The van der Waals surface area contributed by atoms with Gasteiger partial charge in [0, 0.05) is 0 Å². The van der Waals surface area contributed by atoms with E-state index >= 15 is 0 Å². The van der Waals surface area contributed by atoms with Crippen LogP contribution in [-0.4, -0.2) is 10.2 Å². The van der Waals surface area contributed by atoms with Gasteiger partial charge in [0.2, 0.25) is 0 Å². The van der Waals surface area contributed by atoms with Crippen molar-refractivity contribution in [3.63, 3.8) is 0 Å². The maximum atomic E-state index is 9.48. The zero-order valence-electron chi connectivity index (χ0n) is 12.0. The van der Waals surface area contributed by atoms with Crippen LogP contribution in [0.5, 0.6) is 11.5 Å². The predicted octanol–water partition coefficient (Wildman–Crippen LogP) is 4.69. The highest BCUT2D eigenvalue weighted by Crippen LogP contribution is 2.27. The van der Waals surface area contributed by atoms with E-state index in [9.17, 15) is 10.2 Å². The van der Waals surface area contributed by atoms with Gasteiger partial charge < -0.3 is 10.2 Å². The first-order valence-corrected chi connectivity index (χ1v) is 7.08. The Morgan fingerprint density at radius 2 is 1.09 bits per heavy atom. The lowest BCUT2D eigenvalue weighted by Gasteiger charge is -2.09. The van der Waals surface area contributed by atoms with Gasteiger partial charge in [-0.1, -0.05) is 54.6 Å². The van der Waals surface area contributed by atoms with Crippen LogP contribution in [-0.2, 0) is 0 Å². The Balaban J connectivity index is 2.10. The second kappa shape index (κ2) is 6.19. The highest BCUT2D eigenvalue weighted by Gasteiger charge is 2.05. The van der Waals surface area contributed by atoms with Crippen molar-refractivity contribution in [1.82, 2.24) is 0 Å². The average Bonchev–Trinajstić information content (AvgIpc) is 2.56. The molecule has 2 heteroatoms. The third-order valence-corrected chi connectivity index (χ3v) is 3.47. The van der Waals surface area contributed by atoms with E-state index in [2.05, 4.69) is 18.2 Å². The van der Waals surface area contributed by atoms with Crippen molar-refractivity contribution in [3.8, 4) is 11.5 Å². The molecule has 0 unspecified atom stereocenters. The summed E-state index contributed by atoms with van der Waals surface area (Å²) < 4.78 is 0. The predicted molar refractivity (Wildman–Crippen MR) is 89.6 cm³/mol. The van der Waals surface area contributed by atoms with Crippen molar-refractivity contribution in [2.24, 2.45) is 0 Å². The molecule has 0 spiro atoms. The van der Waals surface area contributed by atoms with Crippen molar-refractivity contribution in [3.05, 3.63) is 95.6 Å². The Bertz CT molecular complexity index is 770. The van der Waals surface area contributed by atoms with E-state index in [1.807, 2.05) is 42.5 Å². The molecule has 0 saturated heterocycles. The second-order valence-corrected chi connectivity index (χ2v) is 5.06. The summed E-state index contributed by atoms with van der Waals surface area (Å²) in [6.07, 6.45) is 2.07. The van der Waals surface area contributed by atoms with Crippen LogP contribution in [0.3, 0.4) is 0 Å². The minimum Gasteiger partial charge on any atom is -0.508 e. The Hall–Kier alpha value is -3.00. The SMILES string of the molecule is Oc1ccc(/C=C(/c2ccccc2)c2ccc(O)cc2)cc1. The fourth-order valence-electron chi connectivity index (χ4n) is 2.33. The zero-order valence-corrected chi connectivity index (χ0v) is 12.0. The molecular formula is C20H16O2. The molecule has 0 aliphatic heterocycles. The summed E-state index contributed by atoms with van der Waals surface area (Å²) in [6, 6.07) is 24.3. The number of phenolic OH excluding ortho intramolecular Hbond substituents is 2. The van der Waals surface area contributed by atoms with Gasteiger partial charge in [-0.2, -0.15) is 0 Å². The normalized spacial score (nSPS) is 11.4. The Morgan fingerprint density at radius 3 is 1.68 bits per heavy atom. The first kappa shape index (κ1) is 14.0. The van der Waals surface area contributed by atoms with Crippen molar-refractivity contribution in [2.75, 3.05) is 0 Å². The summed E-state index contributed by atoms with van der Waals surface area (Å²) in [5, 5.41) is 18.9. The van der Waals surface area contributed by atoms with E-state index in [-0.39, 0.29) is 11.5 Å². The topological polar surface area (TPSA) is 40.5 Å². The fourth-order valence-corrected chi connectivity index (χ4v) is 2.33. The van der Waals surface area contributed by atoms with Crippen LogP contribution in [0.15, 0.2) is 78.9 Å². The summed E-state index contributed by atoms with van der Waals surface area (Å²) in [5.74, 6) is 0.504. The highest BCUT2D eigenvalue weighted by molar-refractivity contribution is 5.91. The van der Waals surface area contributed by atoms with Crippen LogP contribution in [0.4, 0.5) is 0 Å². The molecule has 0 atom stereocenters. The minimum atomic E-state index is 0.251. The largest absolute Gasteiger partial charge is 0.508 e. The van der Waals surface area contributed by atoms with Gasteiger partial charge in [0.05, 0.1) is 0 Å². The van der Waals surface area contributed by atoms with Gasteiger partial charge in [0.15, 0.2) is 0 Å². The van der Waals surface area contributed by atoms with Gasteiger partial charge in [-0.05, 0) is 52.6 Å². The lowest BCUT2D eigenvalue weighted by molar-refractivity contribution is 0.474. The lowest BCUT2D eigenvalue weighted by Crippen LogP contribution is -1.88. The van der Waals surface area contributed by atoms with Gasteiger partial charge >= 0.3 is 0 Å². The van der Waals surface area contributed by atoms with Crippen LogP contribution in [0.2, 0.25) is 0 Å². The molecule has 22 heavy (non-hydrogen) atoms. The van der Waals surface area contributed by atoms with Crippen LogP contribution < -0.4 is 0 Å². The number of benzene rings is 3. The van der Waals surface area contributed by atoms with Gasteiger partial charge in [-0.25, -0.2) is 0 Å². The van der Waals surface area contributed by atoms with Crippen LogP contribution in [0, 0.1) is 0 Å². The van der Waals surface area contributed by atoms with Crippen molar-refractivity contribution in [1.29, 1.82) is 0 Å². The first-order chi connectivity index (χ1) is 10.7. The molecule has 2 N–H and O–H groups in total. The molecule has 0 amide bonds. The van der Waals surface area contributed by atoms with E-state index in [0.717, 1.165) is 22.3 Å². The van der Waals surface area contributed by atoms with Gasteiger partial charge in [0.25, 0.3) is 0 Å². The van der Waals surface area contributed by atoms with Crippen LogP contribution in [0.1, 0.15) is 16.7 Å². The van der Waals surface area contributed by atoms with Gasteiger partial charge in [0.1, 0.15) is 11.5 Å². The third-order valence-electron chi connectivity index (χ3n) is 3.47. The van der Waals surface area contributed by atoms with Crippen molar-refractivity contribution in [2.45, 2.75) is 0 Å². The molecule has 0 radical (unpaired) electrons. The standard InChI is InChI=1S/C20H16O2/c21-18-10-6-15(7-11-18)14-20(16-4-2-1-3-5-16)17-8-12-19(22)13-9-17/h1-14,21-22H/b20-14-. The van der Waals surface area contributed by atoms with Crippen LogP contribution in [0.25, 0.3) is 11.6 Å². The van der Waals surface area contributed by atoms with E-state index in [1.54, 1.807) is 24.3 Å². The first-order valence-electron chi connectivity index (χ1n) is 7.08. The molecule has 3 aromatic carbocycles. The molecule has 0 aliphatic carbocycles. The molecular weight excluding hydrogens is 272 g/mol. The molecule has 0 heterocycles. The number of aromatic hydroxyl groups is 2. The van der Waals surface area contributed by atoms with Gasteiger partial charge in [-0.15, -0.1) is 0 Å². The van der Waals surface area contributed by atoms with E-state index in [1.165, 1.54) is 0 Å². The quantitative estimate of drug-likeness (QED) is 0.687. The molecule has 0 fully saturated rings. The number of rotatable bonds is 3. The van der Waals surface area contributed by atoms with E-state index in [4.69, 9.17) is 0 Å². The van der Waals surface area contributed by atoms with E-state index in [0.29, 0.717) is 0 Å².